The van der Waals surface area contributed by atoms with Crippen LogP contribution in [0.4, 0.5) is 0 Å². The predicted octanol–water partition coefficient (Wildman–Crippen LogP) is 1.95. The minimum atomic E-state index is -0.636. The van der Waals surface area contributed by atoms with Crippen molar-refractivity contribution in [1.29, 1.82) is 0 Å². The minimum Gasteiger partial charge on any atom is -0.481 e. The third-order valence-corrected chi connectivity index (χ3v) is 4.74. The van der Waals surface area contributed by atoms with E-state index in [0.29, 0.717) is 12.6 Å². The lowest BCUT2D eigenvalue weighted by Gasteiger charge is -2.37. The Balaban J connectivity index is 1.79. The van der Waals surface area contributed by atoms with Crippen molar-refractivity contribution in [2.24, 2.45) is 11.8 Å². The quantitative estimate of drug-likeness (QED) is 0.800. The highest BCUT2D eigenvalue weighted by Gasteiger charge is 2.30. The molecule has 0 aromatic heterocycles. The molecule has 0 bridgehead atoms. The molecule has 110 valence electrons. The summed E-state index contributed by atoms with van der Waals surface area (Å²) in [6.45, 7) is 5.86. The number of likely N-dealkylation sites (N-methyl/N-ethyl adjacent to an activating group) is 1. The van der Waals surface area contributed by atoms with Crippen molar-refractivity contribution in [1.82, 2.24) is 10.2 Å². The SMILES string of the molecule is CCN1CC(NCC2CCCCC2)CC(C(=O)O)C1. The lowest BCUT2D eigenvalue weighted by Crippen LogP contribution is -2.51. The number of rotatable bonds is 5. The molecule has 0 amide bonds. The van der Waals surface area contributed by atoms with E-state index in [4.69, 9.17) is 0 Å². The average Bonchev–Trinajstić information content (AvgIpc) is 2.45. The molecule has 1 heterocycles. The molecule has 4 nitrogen and oxygen atoms in total. The van der Waals surface area contributed by atoms with Crippen LogP contribution < -0.4 is 5.32 Å². The van der Waals surface area contributed by atoms with E-state index < -0.39 is 5.97 Å². The van der Waals surface area contributed by atoms with Crippen LogP contribution in [0.1, 0.15) is 45.4 Å². The van der Waals surface area contributed by atoms with Gasteiger partial charge in [0.05, 0.1) is 5.92 Å². The molecule has 4 heteroatoms. The molecular weight excluding hydrogens is 240 g/mol. The second kappa shape index (κ2) is 7.25. The first-order valence-electron chi connectivity index (χ1n) is 7.87. The Morgan fingerprint density at radius 3 is 2.63 bits per heavy atom. The summed E-state index contributed by atoms with van der Waals surface area (Å²) < 4.78 is 0. The summed E-state index contributed by atoms with van der Waals surface area (Å²) in [6, 6.07) is 0.358. The molecule has 1 aliphatic carbocycles. The van der Waals surface area contributed by atoms with Crippen LogP contribution in [0.5, 0.6) is 0 Å². The van der Waals surface area contributed by atoms with E-state index in [1.54, 1.807) is 0 Å². The smallest absolute Gasteiger partial charge is 0.307 e. The third-order valence-electron chi connectivity index (χ3n) is 4.74. The molecule has 2 fully saturated rings. The molecule has 2 aliphatic rings. The zero-order chi connectivity index (χ0) is 13.7. The molecule has 0 aromatic rings. The zero-order valence-corrected chi connectivity index (χ0v) is 12.1. The van der Waals surface area contributed by atoms with Crippen LogP contribution in [-0.2, 0) is 4.79 Å². The second-order valence-corrected chi connectivity index (χ2v) is 6.23. The average molecular weight is 268 g/mol. The molecular formula is C15H28N2O2. The van der Waals surface area contributed by atoms with Gasteiger partial charge in [-0.05, 0) is 38.3 Å². The maximum Gasteiger partial charge on any atom is 0.307 e. The number of nitrogens with zero attached hydrogens (tertiary/aromatic N) is 1. The molecule has 2 unspecified atom stereocenters. The summed E-state index contributed by atoms with van der Waals surface area (Å²) in [5, 5.41) is 12.9. The van der Waals surface area contributed by atoms with Crippen molar-refractivity contribution in [3.63, 3.8) is 0 Å². The topological polar surface area (TPSA) is 52.6 Å². The third kappa shape index (κ3) is 4.46. The lowest BCUT2D eigenvalue weighted by molar-refractivity contribution is -0.144. The van der Waals surface area contributed by atoms with Crippen molar-refractivity contribution in [3.05, 3.63) is 0 Å². The number of aliphatic carboxylic acids is 1. The molecule has 1 saturated carbocycles. The van der Waals surface area contributed by atoms with Gasteiger partial charge in [0.2, 0.25) is 0 Å². The summed E-state index contributed by atoms with van der Waals surface area (Å²) in [6.07, 6.45) is 7.62. The number of carbonyl (C=O) groups is 1. The first-order chi connectivity index (χ1) is 9.19. The molecule has 0 radical (unpaired) electrons. The molecule has 2 rings (SSSR count). The predicted molar refractivity (Wildman–Crippen MR) is 76.2 cm³/mol. The van der Waals surface area contributed by atoms with E-state index in [2.05, 4.69) is 17.1 Å². The number of nitrogens with one attached hydrogen (secondary N) is 1. The molecule has 2 N–H and O–H groups in total. The zero-order valence-electron chi connectivity index (χ0n) is 12.1. The maximum absolute atomic E-state index is 11.2. The molecule has 19 heavy (non-hydrogen) atoms. The van der Waals surface area contributed by atoms with E-state index in [1.165, 1.54) is 32.1 Å². The molecule has 0 aromatic carbocycles. The summed E-state index contributed by atoms with van der Waals surface area (Å²) in [4.78, 5) is 13.5. The highest BCUT2D eigenvalue weighted by molar-refractivity contribution is 5.70. The molecule has 2 atom stereocenters. The van der Waals surface area contributed by atoms with Crippen LogP contribution in [0.15, 0.2) is 0 Å². The maximum atomic E-state index is 11.2. The fourth-order valence-electron chi connectivity index (χ4n) is 3.50. The van der Waals surface area contributed by atoms with Crippen LogP contribution in [0.3, 0.4) is 0 Å². The van der Waals surface area contributed by atoms with Crippen LogP contribution in [0, 0.1) is 11.8 Å². The largest absolute Gasteiger partial charge is 0.481 e. The van der Waals surface area contributed by atoms with E-state index in [1.807, 2.05) is 0 Å². The fourth-order valence-corrected chi connectivity index (χ4v) is 3.50. The molecule has 1 aliphatic heterocycles. The van der Waals surface area contributed by atoms with Gasteiger partial charge in [-0.3, -0.25) is 4.79 Å². The van der Waals surface area contributed by atoms with Crippen molar-refractivity contribution in [3.8, 4) is 0 Å². The van der Waals surface area contributed by atoms with Gasteiger partial charge in [0, 0.05) is 19.1 Å². The van der Waals surface area contributed by atoms with Crippen LogP contribution in [0.25, 0.3) is 0 Å². The van der Waals surface area contributed by atoms with Crippen molar-refractivity contribution in [2.45, 2.75) is 51.5 Å². The summed E-state index contributed by atoms with van der Waals surface area (Å²) in [5.74, 6) is -0.0193. The first-order valence-corrected chi connectivity index (χ1v) is 7.87. The number of carboxylic acid groups (broad SMARTS) is 1. The Bertz CT molecular complexity index is 290. The van der Waals surface area contributed by atoms with Crippen LogP contribution >= 0.6 is 0 Å². The highest BCUT2D eigenvalue weighted by Crippen LogP contribution is 2.24. The normalized spacial score (nSPS) is 30.4. The Kier molecular flexibility index (Phi) is 5.64. The van der Waals surface area contributed by atoms with Gasteiger partial charge in [-0.2, -0.15) is 0 Å². The van der Waals surface area contributed by atoms with Gasteiger partial charge in [0.25, 0.3) is 0 Å². The number of likely N-dealkylation sites (tertiary alicyclic amines) is 1. The first kappa shape index (κ1) is 14.8. The highest BCUT2D eigenvalue weighted by atomic mass is 16.4. The number of piperidine rings is 1. The van der Waals surface area contributed by atoms with Gasteiger partial charge in [0.1, 0.15) is 0 Å². The lowest BCUT2D eigenvalue weighted by atomic mass is 9.88. The monoisotopic (exact) mass is 268 g/mol. The fraction of sp³-hybridized carbons (Fsp3) is 0.933. The second-order valence-electron chi connectivity index (χ2n) is 6.23. The van der Waals surface area contributed by atoms with Gasteiger partial charge in [0.15, 0.2) is 0 Å². The number of hydrogen-bond donors (Lipinski definition) is 2. The Morgan fingerprint density at radius 2 is 2.00 bits per heavy atom. The molecule has 0 spiro atoms. The summed E-state index contributed by atoms with van der Waals surface area (Å²) in [7, 11) is 0. The van der Waals surface area contributed by atoms with E-state index in [-0.39, 0.29) is 5.92 Å². The Labute approximate surface area is 116 Å². The molecule has 1 saturated heterocycles. The van der Waals surface area contributed by atoms with E-state index in [0.717, 1.165) is 32.0 Å². The number of hydrogen-bond acceptors (Lipinski definition) is 3. The van der Waals surface area contributed by atoms with Crippen molar-refractivity contribution in [2.75, 3.05) is 26.2 Å². The Morgan fingerprint density at radius 1 is 1.26 bits per heavy atom. The van der Waals surface area contributed by atoms with E-state index in [9.17, 15) is 9.90 Å². The van der Waals surface area contributed by atoms with Gasteiger partial charge in [-0.25, -0.2) is 0 Å². The van der Waals surface area contributed by atoms with Gasteiger partial charge in [-0.15, -0.1) is 0 Å². The standard InChI is InChI=1S/C15H28N2O2/c1-2-17-10-13(15(18)19)8-14(11-17)16-9-12-6-4-3-5-7-12/h12-14,16H,2-11H2,1H3,(H,18,19). The van der Waals surface area contributed by atoms with Crippen molar-refractivity contribution >= 4 is 5.97 Å². The van der Waals surface area contributed by atoms with Crippen LogP contribution in [0.2, 0.25) is 0 Å². The minimum absolute atomic E-state index is 0.197. The van der Waals surface area contributed by atoms with Gasteiger partial charge in [-0.1, -0.05) is 26.2 Å². The van der Waals surface area contributed by atoms with Crippen LogP contribution in [-0.4, -0.2) is 48.2 Å². The Hall–Kier alpha value is -0.610. The van der Waals surface area contributed by atoms with E-state index >= 15 is 0 Å². The number of carboxylic acids is 1. The summed E-state index contributed by atoms with van der Waals surface area (Å²) >= 11 is 0. The summed E-state index contributed by atoms with van der Waals surface area (Å²) in [5.41, 5.74) is 0. The van der Waals surface area contributed by atoms with Gasteiger partial charge >= 0.3 is 5.97 Å². The van der Waals surface area contributed by atoms with Crippen molar-refractivity contribution < 1.29 is 9.90 Å². The van der Waals surface area contributed by atoms with Gasteiger partial charge < -0.3 is 15.3 Å².